The Labute approximate surface area is 118 Å². The lowest BCUT2D eigenvalue weighted by molar-refractivity contribution is -0.135. The van der Waals surface area contributed by atoms with Gasteiger partial charge in [-0.05, 0) is 12.5 Å². The lowest BCUT2D eigenvalue weighted by Gasteiger charge is -2.27. The first-order valence-corrected chi connectivity index (χ1v) is 6.90. The predicted molar refractivity (Wildman–Crippen MR) is 75.0 cm³/mol. The number of nitrogens with zero attached hydrogens (tertiary/aromatic N) is 3. The number of carbonyl (C=O) groups is 1. The number of rotatable bonds is 4. The molecule has 1 aromatic heterocycles. The maximum Gasteiger partial charge on any atom is 0.242 e. The molecule has 1 aliphatic rings. The molecule has 108 valence electrons. The summed E-state index contributed by atoms with van der Waals surface area (Å²) in [5, 5.41) is 9.18. The van der Waals surface area contributed by atoms with Crippen LogP contribution in [0.25, 0.3) is 0 Å². The van der Waals surface area contributed by atoms with E-state index < -0.39 is 0 Å². The van der Waals surface area contributed by atoms with Crippen molar-refractivity contribution in [3.05, 3.63) is 17.5 Å². The number of aromatic nitrogens is 1. The molecule has 0 radical (unpaired) electrons. The highest BCUT2D eigenvalue weighted by Crippen LogP contribution is 2.20. The van der Waals surface area contributed by atoms with Gasteiger partial charge in [-0.3, -0.25) is 4.79 Å². The quantitative estimate of drug-likeness (QED) is 0.879. The standard InChI is InChI=1S/C14H20N4O2/c1-2-3-13-12(16)8-11(9-15)18(13)10-14(19)17-4-6-20-7-5-17/h8H,2-7,10,16H2,1H3. The van der Waals surface area contributed by atoms with E-state index in [0.29, 0.717) is 37.7 Å². The highest BCUT2D eigenvalue weighted by Gasteiger charge is 2.20. The van der Waals surface area contributed by atoms with Gasteiger partial charge in [0.25, 0.3) is 0 Å². The van der Waals surface area contributed by atoms with E-state index in [2.05, 4.69) is 6.07 Å². The van der Waals surface area contributed by atoms with Crippen molar-refractivity contribution >= 4 is 11.6 Å². The summed E-state index contributed by atoms with van der Waals surface area (Å²) in [7, 11) is 0. The van der Waals surface area contributed by atoms with Gasteiger partial charge in [-0.25, -0.2) is 0 Å². The fraction of sp³-hybridized carbons (Fsp3) is 0.571. The number of carbonyl (C=O) groups excluding carboxylic acids is 1. The van der Waals surface area contributed by atoms with E-state index in [9.17, 15) is 10.1 Å². The summed E-state index contributed by atoms with van der Waals surface area (Å²) in [6.07, 6.45) is 1.69. The van der Waals surface area contributed by atoms with Crippen LogP contribution in [-0.2, 0) is 22.5 Å². The molecular weight excluding hydrogens is 256 g/mol. The lowest BCUT2D eigenvalue weighted by Crippen LogP contribution is -2.42. The van der Waals surface area contributed by atoms with Crippen LogP contribution >= 0.6 is 0 Å². The smallest absolute Gasteiger partial charge is 0.242 e. The van der Waals surface area contributed by atoms with E-state index in [0.717, 1.165) is 18.5 Å². The van der Waals surface area contributed by atoms with Gasteiger partial charge in [-0.1, -0.05) is 13.3 Å². The molecule has 2 rings (SSSR count). The Morgan fingerprint density at radius 3 is 2.80 bits per heavy atom. The van der Waals surface area contributed by atoms with Crippen LogP contribution in [0.2, 0.25) is 0 Å². The molecule has 0 atom stereocenters. The summed E-state index contributed by atoms with van der Waals surface area (Å²) >= 11 is 0. The van der Waals surface area contributed by atoms with E-state index in [1.165, 1.54) is 0 Å². The largest absolute Gasteiger partial charge is 0.397 e. The van der Waals surface area contributed by atoms with Crippen LogP contribution in [-0.4, -0.2) is 41.7 Å². The Kier molecular flexibility index (Phi) is 4.64. The minimum atomic E-state index is 0.0118. The number of amides is 1. The molecule has 0 aromatic carbocycles. The Morgan fingerprint density at radius 1 is 1.50 bits per heavy atom. The minimum absolute atomic E-state index is 0.0118. The topological polar surface area (TPSA) is 84.3 Å². The van der Waals surface area contributed by atoms with Gasteiger partial charge < -0.3 is 19.9 Å². The Hall–Kier alpha value is -2.00. The molecule has 0 saturated carbocycles. The average molecular weight is 276 g/mol. The van der Waals surface area contributed by atoms with Crippen LogP contribution in [0.1, 0.15) is 24.7 Å². The molecule has 1 saturated heterocycles. The summed E-state index contributed by atoms with van der Waals surface area (Å²) in [6.45, 7) is 4.60. The van der Waals surface area contributed by atoms with Crippen molar-refractivity contribution < 1.29 is 9.53 Å². The number of nitriles is 1. The summed E-state index contributed by atoms with van der Waals surface area (Å²) < 4.78 is 6.99. The van der Waals surface area contributed by atoms with Crippen LogP contribution in [0.15, 0.2) is 6.07 Å². The normalized spacial score (nSPS) is 15.1. The lowest BCUT2D eigenvalue weighted by atomic mass is 10.2. The molecule has 6 nitrogen and oxygen atoms in total. The maximum atomic E-state index is 12.3. The second-order valence-corrected chi connectivity index (χ2v) is 4.87. The summed E-state index contributed by atoms with van der Waals surface area (Å²) in [4.78, 5) is 14.1. The van der Waals surface area contributed by atoms with Crippen LogP contribution in [0.5, 0.6) is 0 Å². The van der Waals surface area contributed by atoms with Crippen LogP contribution < -0.4 is 5.73 Å². The van der Waals surface area contributed by atoms with Crippen LogP contribution in [0.3, 0.4) is 0 Å². The van der Waals surface area contributed by atoms with Gasteiger partial charge in [-0.2, -0.15) is 5.26 Å². The molecule has 0 spiro atoms. The Balaban J connectivity index is 2.18. The van der Waals surface area contributed by atoms with Crippen LogP contribution in [0, 0.1) is 11.3 Å². The molecule has 1 fully saturated rings. The maximum absolute atomic E-state index is 12.3. The van der Waals surface area contributed by atoms with Crippen molar-refractivity contribution in [1.82, 2.24) is 9.47 Å². The third-order valence-electron chi connectivity index (χ3n) is 3.50. The summed E-state index contributed by atoms with van der Waals surface area (Å²) in [5.41, 5.74) is 7.87. The molecule has 1 aromatic rings. The molecule has 1 aliphatic heterocycles. The molecule has 2 N–H and O–H groups in total. The third kappa shape index (κ3) is 2.94. The van der Waals surface area contributed by atoms with Crippen molar-refractivity contribution in [3.8, 4) is 6.07 Å². The number of hydrogen-bond acceptors (Lipinski definition) is 4. The molecule has 2 heterocycles. The van der Waals surface area contributed by atoms with Gasteiger partial charge in [0.15, 0.2) is 0 Å². The molecule has 6 heteroatoms. The number of hydrogen-bond donors (Lipinski definition) is 1. The van der Waals surface area contributed by atoms with Crippen molar-refractivity contribution in [2.75, 3.05) is 32.0 Å². The predicted octanol–water partition coefficient (Wildman–Crippen LogP) is 0.753. The first-order valence-electron chi connectivity index (χ1n) is 6.90. The molecule has 0 bridgehead atoms. The average Bonchev–Trinajstić information content (AvgIpc) is 2.77. The van der Waals surface area contributed by atoms with E-state index in [-0.39, 0.29) is 12.5 Å². The molecule has 0 unspecified atom stereocenters. The Morgan fingerprint density at radius 2 is 2.20 bits per heavy atom. The van der Waals surface area contributed by atoms with Crippen molar-refractivity contribution in [2.24, 2.45) is 0 Å². The second kappa shape index (κ2) is 6.44. The number of ether oxygens (including phenoxy) is 1. The fourth-order valence-corrected chi connectivity index (χ4v) is 2.45. The number of morpholine rings is 1. The zero-order valence-corrected chi connectivity index (χ0v) is 11.8. The second-order valence-electron chi connectivity index (χ2n) is 4.87. The SMILES string of the molecule is CCCc1c(N)cc(C#N)n1CC(=O)N1CCOCC1. The van der Waals surface area contributed by atoms with Gasteiger partial charge >= 0.3 is 0 Å². The van der Waals surface area contributed by atoms with Gasteiger partial charge in [0.1, 0.15) is 18.3 Å². The van der Waals surface area contributed by atoms with Gasteiger partial charge in [0.2, 0.25) is 5.91 Å². The van der Waals surface area contributed by atoms with Gasteiger partial charge in [0.05, 0.1) is 18.9 Å². The monoisotopic (exact) mass is 276 g/mol. The van der Waals surface area contributed by atoms with Gasteiger partial charge in [0, 0.05) is 18.8 Å². The summed E-state index contributed by atoms with van der Waals surface area (Å²) in [6, 6.07) is 3.76. The molecule has 1 amide bonds. The summed E-state index contributed by atoms with van der Waals surface area (Å²) in [5.74, 6) is 0.0118. The first-order chi connectivity index (χ1) is 9.67. The van der Waals surface area contributed by atoms with Gasteiger partial charge in [-0.15, -0.1) is 0 Å². The van der Waals surface area contributed by atoms with Crippen molar-refractivity contribution in [1.29, 1.82) is 5.26 Å². The zero-order chi connectivity index (χ0) is 14.5. The third-order valence-corrected chi connectivity index (χ3v) is 3.50. The first kappa shape index (κ1) is 14.4. The Bertz CT molecular complexity index is 524. The van der Waals surface area contributed by atoms with E-state index in [1.807, 2.05) is 6.92 Å². The van der Waals surface area contributed by atoms with E-state index >= 15 is 0 Å². The number of nitrogens with two attached hydrogens (primary N) is 1. The molecule has 0 aliphatic carbocycles. The number of anilines is 1. The minimum Gasteiger partial charge on any atom is -0.397 e. The molecular formula is C14H20N4O2. The highest BCUT2D eigenvalue weighted by molar-refractivity contribution is 5.77. The molecule has 20 heavy (non-hydrogen) atoms. The zero-order valence-electron chi connectivity index (χ0n) is 11.8. The van der Waals surface area contributed by atoms with E-state index in [4.69, 9.17) is 10.5 Å². The highest BCUT2D eigenvalue weighted by atomic mass is 16.5. The van der Waals surface area contributed by atoms with Crippen LogP contribution in [0.4, 0.5) is 5.69 Å². The van der Waals surface area contributed by atoms with E-state index in [1.54, 1.807) is 15.5 Å². The fourth-order valence-electron chi connectivity index (χ4n) is 2.45. The number of nitrogen functional groups attached to an aromatic ring is 1. The van der Waals surface area contributed by atoms with Crippen molar-refractivity contribution in [3.63, 3.8) is 0 Å². The van der Waals surface area contributed by atoms with Crippen molar-refractivity contribution in [2.45, 2.75) is 26.3 Å².